The predicted molar refractivity (Wildman–Crippen MR) is 66.8 cm³/mol. The number of anilines is 1. The molecular weight excluding hydrogens is 212 g/mol. The molecular formula is C14H14N2O. The third kappa shape index (κ3) is 2.88. The molecule has 0 aliphatic carbocycles. The van der Waals surface area contributed by atoms with Gasteiger partial charge >= 0.3 is 0 Å². The van der Waals surface area contributed by atoms with E-state index in [0.29, 0.717) is 5.56 Å². The van der Waals surface area contributed by atoms with Gasteiger partial charge in [-0.05, 0) is 36.8 Å². The Kier molecular flexibility index (Phi) is 3.46. The molecule has 0 atom stereocenters. The SMILES string of the molecule is Cc1ccc(C#N)c(NCCc2ccco2)c1. The average Bonchev–Trinajstić information content (AvgIpc) is 2.82. The summed E-state index contributed by atoms with van der Waals surface area (Å²) < 4.78 is 5.25. The first-order valence-corrected chi connectivity index (χ1v) is 5.56. The largest absolute Gasteiger partial charge is 0.469 e. The minimum atomic E-state index is 0.676. The zero-order valence-corrected chi connectivity index (χ0v) is 9.73. The second-order valence-corrected chi connectivity index (χ2v) is 3.92. The minimum Gasteiger partial charge on any atom is -0.469 e. The molecule has 2 rings (SSSR count). The Morgan fingerprint density at radius 3 is 2.94 bits per heavy atom. The van der Waals surface area contributed by atoms with Gasteiger partial charge in [0.15, 0.2) is 0 Å². The summed E-state index contributed by atoms with van der Waals surface area (Å²) in [4.78, 5) is 0. The van der Waals surface area contributed by atoms with Crippen LogP contribution in [-0.4, -0.2) is 6.54 Å². The molecule has 3 nitrogen and oxygen atoms in total. The number of rotatable bonds is 4. The van der Waals surface area contributed by atoms with Gasteiger partial charge in [0.25, 0.3) is 0 Å². The highest BCUT2D eigenvalue weighted by atomic mass is 16.3. The van der Waals surface area contributed by atoms with Gasteiger partial charge in [0.2, 0.25) is 0 Å². The van der Waals surface area contributed by atoms with Gasteiger partial charge in [-0.2, -0.15) is 5.26 Å². The summed E-state index contributed by atoms with van der Waals surface area (Å²) in [5.41, 5.74) is 2.71. The standard InChI is InChI=1S/C14H14N2O/c1-11-4-5-12(10-15)14(9-11)16-7-6-13-3-2-8-17-13/h2-5,8-9,16H,6-7H2,1H3. The van der Waals surface area contributed by atoms with E-state index >= 15 is 0 Å². The third-order valence-corrected chi connectivity index (χ3v) is 2.56. The van der Waals surface area contributed by atoms with Crippen molar-refractivity contribution in [2.45, 2.75) is 13.3 Å². The maximum Gasteiger partial charge on any atom is 0.105 e. The van der Waals surface area contributed by atoms with Crippen LogP contribution in [-0.2, 0) is 6.42 Å². The van der Waals surface area contributed by atoms with Crippen molar-refractivity contribution >= 4 is 5.69 Å². The van der Waals surface area contributed by atoms with Crippen molar-refractivity contribution in [3.63, 3.8) is 0 Å². The summed E-state index contributed by atoms with van der Waals surface area (Å²) in [7, 11) is 0. The number of benzene rings is 1. The number of nitriles is 1. The molecule has 0 unspecified atom stereocenters. The predicted octanol–water partition coefficient (Wildman–Crippen LogP) is 3.11. The number of hydrogen-bond acceptors (Lipinski definition) is 3. The fraction of sp³-hybridized carbons (Fsp3) is 0.214. The van der Waals surface area contributed by atoms with E-state index in [1.54, 1.807) is 6.26 Å². The minimum absolute atomic E-state index is 0.676. The van der Waals surface area contributed by atoms with E-state index in [9.17, 15) is 0 Å². The lowest BCUT2D eigenvalue weighted by Crippen LogP contribution is -2.05. The van der Waals surface area contributed by atoms with Crippen molar-refractivity contribution in [2.75, 3.05) is 11.9 Å². The fourth-order valence-corrected chi connectivity index (χ4v) is 1.68. The molecule has 0 saturated heterocycles. The highest BCUT2D eigenvalue weighted by Gasteiger charge is 2.02. The van der Waals surface area contributed by atoms with Gasteiger partial charge < -0.3 is 9.73 Å². The lowest BCUT2D eigenvalue weighted by atomic mass is 10.1. The van der Waals surface area contributed by atoms with E-state index in [4.69, 9.17) is 9.68 Å². The molecule has 2 aromatic rings. The van der Waals surface area contributed by atoms with Gasteiger partial charge in [-0.25, -0.2) is 0 Å². The Balaban J connectivity index is 1.99. The molecule has 0 bridgehead atoms. The van der Waals surface area contributed by atoms with E-state index in [0.717, 1.165) is 30.0 Å². The molecule has 1 heterocycles. The number of nitrogens with zero attached hydrogens (tertiary/aromatic N) is 1. The number of nitrogens with one attached hydrogen (secondary N) is 1. The van der Waals surface area contributed by atoms with Crippen molar-refractivity contribution in [3.8, 4) is 6.07 Å². The third-order valence-electron chi connectivity index (χ3n) is 2.56. The number of furan rings is 1. The molecule has 0 radical (unpaired) electrons. The van der Waals surface area contributed by atoms with Gasteiger partial charge in [0.1, 0.15) is 11.8 Å². The highest BCUT2D eigenvalue weighted by Crippen LogP contribution is 2.16. The van der Waals surface area contributed by atoms with Crippen LogP contribution in [0.1, 0.15) is 16.9 Å². The molecule has 1 N–H and O–H groups in total. The summed E-state index contributed by atoms with van der Waals surface area (Å²) in [6.07, 6.45) is 2.48. The van der Waals surface area contributed by atoms with E-state index in [-0.39, 0.29) is 0 Å². The van der Waals surface area contributed by atoms with Gasteiger partial charge in [-0.15, -0.1) is 0 Å². The van der Waals surface area contributed by atoms with E-state index in [1.165, 1.54) is 0 Å². The first-order valence-electron chi connectivity index (χ1n) is 5.56. The molecule has 1 aromatic heterocycles. The quantitative estimate of drug-likeness (QED) is 0.871. The number of hydrogen-bond donors (Lipinski definition) is 1. The highest BCUT2D eigenvalue weighted by molar-refractivity contribution is 5.58. The van der Waals surface area contributed by atoms with Crippen LogP contribution in [0.25, 0.3) is 0 Å². The molecule has 1 aromatic carbocycles. The summed E-state index contributed by atoms with van der Waals surface area (Å²) in [5, 5.41) is 12.2. The van der Waals surface area contributed by atoms with Crippen LogP contribution >= 0.6 is 0 Å². The van der Waals surface area contributed by atoms with Gasteiger partial charge in [-0.3, -0.25) is 0 Å². The molecule has 0 fully saturated rings. The Bertz CT molecular complexity index is 524. The normalized spacial score (nSPS) is 9.88. The monoisotopic (exact) mass is 226 g/mol. The lowest BCUT2D eigenvalue weighted by Gasteiger charge is -2.08. The number of aryl methyl sites for hydroxylation is 1. The van der Waals surface area contributed by atoms with Crippen molar-refractivity contribution in [3.05, 3.63) is 53.5 Å². The molecule has 3 heteroatoms. The first kappa shape index (κ1) is 11.3. The molecule has 0 amide bonds. The second-order valence-electron chi connectivity index (χ2n) is 3.92. The Hall–Kier alpha value is -2.21. The molecule has 0 aliphatic heterocycles. The molecule has 17 heavy (non-hydrogen) atoms. The zero-order valence-electron chi connectivity index (χ0n) is 9.73. The van der Waals surface area contributed by atoms with Crippen LogP contribution in [0.5, 0.6) is 0 Å². The maximum atomic E-state index is 8.98. The smallest absolute Gasteiger partial charge is 0.105 e. The van der Waals surface area contributed by atoms with Crippen LogP contribution in [0, 0.1) is 18.3 Å². The second kappa shape index (κ2) is 5.22. The van der Waals surface area contributed by atoms with E-state index in [2.05, 4.69) is 11.4 Å². The van der Waals surface area contributed by atoms with Crippen molar-refractivity contribution in [1.29, 1.82) is 5.26 Å². The summed E-state index contributed by atoms with van der Waals surface area (Å²) in [5.74, 6) is 0.948. The summed E-state index contributed by atoms with van der Waals surface area (Å²) >= 11 is 0. The van der Waals surface area contributed by atoms with Gasteiger partial charge in [-0.1, -0.05) is 6.07 Å². The van der Waals surface area contributed by atoms with Gasteiger partial charge in [0, 0.05) is 13.0 Å². The Morgan fingerprint density at radius 1 is 1.35 bits per heavy atom. The maximum absolute atomic E-state index is 8.98. The topological polar surface area (TPSA) is 49.0 Å². The van der Waals surface area contributed by atoms with Crippen LogP contribution in [0.2, 0.25) is 0 Å². The van der Waals surface area contributed by atoms with Crippen molar-refractivity contribution in [2.24, 2.45) is 0 Å². The van der Waals surface area contributed by atoms with Crippen molar-refractivity contribution < 1.29 is 4.42 Å². The van der Waals surface area contributed by atoms with Crippen LogP contribution < -0.4 is 5.32 Å². The molecule has 0 saturated carbocycles. The van der Waals surface area contributed by atoms with Crippen LogP contribution in [0.3, 0.4) is 0 Å². The summed E-state index contributed by atoms with van der Waals surface area (Å²) in [6.45, 7) is 2.77. The lowest BCUT2D eigenvalue weighted by molar-refractivity contribution is 0.513. The zero-order chi connectivity index (χ0) is 12.1. The van der Waals surface area contributed by atoms with Crippen LogP contribution in [0.15, 0.2) is 41.0 Å². The first-order chi connectivity index (χ1) is 8.29. The Labute approximate surface area is 101 Å². The average molecular weight is 226 g/mol. The van der Waals surface area contributed by atoms with E-state index in [1.807, 2.05) is 37.3 Å². The molecule has 0 aliphatic rings. The van der Waals surface area contributed by atoms with E-state index < -0.39 is 0 Å². The molecule has 86 valence electrons. The van der Waals surface area contributed by atoms with Crippen LogP contribution in [0.4, 0.5) is 5.69 Å². The fourth-order valence-electron chi connectivity index (χ4n) is 1.68. The molecule has 0 spiro atoms. The summed E-state index contributed by atoms with van der Waals surface area (Å²) in [6, 6.07) is 11.8. The van der Waals surface area contributed by atoms with Crippen molar-refractivity contribution in [1.82, 2.24) is 0 Å². The Morgan fingerprint density at radius 2 is 2.24 bits per heavy atom. The van der Waals surface area contributed by atoms with Gasteiger partial charge in [0.05, 0.1) is 17.5 Å².